The third kappa shape index (κ3) is 5.46. The molecule has 0 atom stereocenters. The maximum Gasteiger partial charge on any atom is 0.317 e. The summed E-state index contributed by atoms with van der Waals surface area (Å²) < 4.78 is 0. The average Bonchev–Trinajstić information content (AvgIpc) is 2.64. The number of carbonyl (C=O) groups is 2. The van der Waals surface area contributed by atoms with E-state index < -0.39 is 0 Å². The van der Waals surface area contributed by atoms with Gasteiger partial charge >= 0.3 is 6.03 Å². The number of nitrogens with zero attached hydrogens (tertiary/aromatic N) is 2. The molecule has 0 bridgehead atoms. The van der Waals surface area contributed by atoms with Gasteiger partial charge in [0, 0.05) is 37.9 Å². The Hall–Kier alpha value is -2.08. The molecule has 1 aliphatic heterocycles. The number of nitrogens with one attached hydrogen (secondary N) is 2. The van der Waals surface area contributed by atoms with Crippen molar-refractivity contribution in [1.82, 2.24) is 15.1 Å². The fourth-order valence-electron chi connectivity index (χ4n) is 3.55. The van der Waals surface area contributed by atoms with E-state index >= 15 is 0 Å². The molecule has 0 unspecified atom stereocenters. The summed E-state index contributed by atoms with van der Waals surface area (Å²) >= 11 is 0. The van der Waals surface area contributed by atoms with Crippen LogP contribution in [-0.2, 0) is 4.79 Å². The fraction of sp³-hybridized carbons (Fsp3) is 0.579. The maximum absolute atomic E-state index is 12.4. The number of anilines is 1. The summed E-state index contributed by atoms with van der Waals surface area (Å²) in [6.07, 6.45) is 5.93. The van der Waals surface area contributed by atoms with Crippen molar-refractivity contribution in [3.05, 3.63) is 30.3 Å². The minimum atomic E-state index is -0.00805. The zero-order chi connectivity index (χ0) is 17.5. The van der Waals surface area contributed by atoms with Gasteiger partial charge in [0.05, 0.1) is 6.54 Å². The molecule has 25 heavy (non-hydrogen) atoms. The third-order valence-corrected chi connectivity index (χ3v) is 5.02. The number of carbonyl (C=O) groups excluding carboxylic acids is 2. The van der Waals surface area contributed by atoms with Crippen LogP contribution in [-0.4, -0.2) is 60.5 Å². The highest BCUT2D eigenvalue weighted by atomic mass is 16.2. The van der Waals surface area contributed by atoms with E-state index in [1.807, 2.05) is 35.2 Å². The lowest BCUT2D eigenvalue weighted by atomic mass is 9.96. The Labute approximate surface area is 149 Å². The van der Waals surface area contributed by atoms with Crippen LogP contribution in [0, 0.1) is 0 Å². The Bertz CT molecular complexity index is 564. The summed E-state index contributed by atoms with van der Waals surface area (Å²) in [7, 11) is 0. The number of benzene rings is 1. The smallest absolute Gasteiger partial charge is 0.317 e. The van der Waals surface area contributed by atoms with Crippen LogP contribution in [0.2, 0.25) is 0 Å². The second kappa shape index (κ2) is 8.85. The van der Waals surface area contributed by atoms with E-state index in [0.717, 1.165) is 31.6 Å². The molecule has 3 amide bonds. The number of urea groups is 1. The summed E-state index contributed by atoms with van der Waals surface area (Å²) in [5.74, 6) is -0.00805. The van der Waals surface area contributed by atoms with Gasteiger partial charge in [-0.3, -0.25) is 9.69 Å². The van der Waals surface area contributed by atoms with Gasteiger partial charge in [0.15, 0.2) is 0 Å². The first-order valence-electron chi connectivity index (χ1n) is 9.33. The largest absolute Gasteiger partial charge is 0.335 e. The standard InChI is InChI=1S/C19H28N4O2/c24-18(20-16-7-3-1-4-8-16)15-22-11-13-23(14-12-22)19(25)21-17-9-5-2-6-10-17/h1,3-4,7-8,17H,2,5-6,9-15H2,(H,20,24)(H,21,25). The SMILES string of the molecule is O=C(CN1CCN(C(=O)NC2CCCCC2)CC1)Nc1ccccc1. The quantitative estimate of drug-likeness (QED) is 0.881. The van der Waals surface area contributed by atoms with E-state index in [1.54, 1.807) is 0 Å². The van der Waals surface area contributed by atoms with Gasteiger partial charge in [-0.2, -0.15) is 0 Å². The molecule has 2 N–H and O–H groups in total. The number of hydrogen-bond acceptors (Lipinski definition) is 3. The molecular formula is C19H28N4O2. The summed E-state index contributed by atoms with van der Waals surface area (Å²) in [5.41, 5.74) is 0.818. The molecule has 0 radical (unpaired) electrons. The molecule has 1 aromatic rings. The van der Waals surface area contributed by atoms with E-state index in [1.165, 1.54) is 19.3 Å². The first-order valence-corrected chi connectivity index (χ1v) is 9.33. The second-order valence-electron chi connectivity index (χ2n) is 6.96. The van der Waals surface area contributed by atoms with Crippen LogP contribution in [0.15, 0.2) is 30.3 Å². The fourth-order valence-corrected chi connectivity index (χ4v) is 3.55. The predicted molar refractivity (Wildman–Crippen MR) is 98.5 cm³/mol. The van der Waals surface area contributed by atoms with Gasteiger partial charge in [-0.15, -0.1) is 0 Å². The van der Waals surface area contributed by atoms with Crippen molar-refractivity contribution in [3.8, 4) is 0 Å². The molecule has 2 fully saturated rings. The van der Waals surface area contributed by atoms with E-state index in [2.05, 4.69) is 15.5 Å². The lowest BCUT2D eigenvalue weighted by Gasteiger charge is -2.35. The number of amides is 3. The average molecular weight is 344 g/mol. The molecule has 0 aromatic heterocycles. The van der Waals surface area contributed by atoms with Gasteiger partial charge in [-0.1, -0.05) is 37.5 Å². The number of hydrogen-bond donors (Lipinski definition) is 2. The predicted octanol–water partition coefficient (Wildman–Crippen LogP) is 2.28. The van der Waals surface area contributed by atoms with E-state index in [4.69, 9.17) is 0 Å². The van der Waals surface area contributed by atoms with Crippen LogP contribution < -0.4 is 10.6 Å². The summed E-state index contributed by atoms with van der Waals surface area (Å²) in [5, 5.41) is 6.07. The Morgan fingerprint density at radius 2 is 1.64 bits per heavy atom. The lowest BCUT2D eigenvalue weighted by molar-refractivity contribution is -0.117. The van der Waals surface area contributed by atoms with Gasteiger partial charge in [0.2, 0.25) is 5.91 Å². The zero-order valence-corrected chi connectivity index (χ0v) is 14.7. The van der Waals surface area contributed by atoms with Gasteiger partial charge in [-0.05, 0) is 25.0 Å². The molecular weight excluding hydrogens is 316 g/mol. The van der Waals surface area contributed by atoms with Crippen LogP contribution in [0.5, 0.6) is 0 Å². The number of piperazine rings is 1. The zero-order valence-electron chi connectivity index (χ0n) is 14.7. The maximum atomic E-state index is 12.4. The van der Waals surface area contributed by atoms with E-state index in [9.17, 15) is 9.59 Å². The van der Waals surface area contributed by atoms with Crippen molar-refractivity contribution in [2.24, 2.45) is 0 Å². The van der Waals surface area contributed by atoms with Crippen molar-refractivity contribution < 1.29 is 9.59 Å². The van der Waals surface area contributed by atoms with Gasteiger partial charge in [0.25, 0.3) is 0 Å². The van der Waals surface area contributed by atoms with Crippen molar-refractivity contribution >= 4 is 17.6 Å². The van der Waals surface area contributed by atoms with Crippen LogP contribution in [0.1, 0.15) is 32.1 Å². The normalized spacial score (nSPS) is 19.4. The highest BCUT2D eigenvalue weighted by Crippen LogP contribution is 2.17. The first-order chi connectivity index (χ1) is 12.2. The van der Waals surface area contributed by atoms with Gasteiger partial charge < -0.3 is 15.5 Å². The molecule has 0 spiro atoms. The second-order valence-corrected chi connectivity index (χ2v) is 6.96. The monoisotopic (exact) mass is 344 g/mol. The Kier molecular flexibility index (Phi) is 6.28. The number of para-hydroxylation sites is 1. The van der Waals surface area contributed by atoms with Crippen molar-refractivity contribution in [2.75, 3.05) is 38.0 Å². The van der Waals surface area contributed by atoms with Crippen LogP contribution >= 0.6 is 0 Å². The number of rotatable bonds is 4. The van der Waals surface area contributed by atoms with Crippen molar-refractivity contribution in [1.29, 1.82) is 0 Å². The molecule has 1 aliphatic carbocycles. The molecule has 1 saturated carbocycles. The summed E-state index contributed by atoms with van der Waals surface area (Å²) in [6, 6.07) is 9.89. The molecule has 1 heterocycles. The lowest BCUT2D eigenvalue weighted by Crippen LogP contribution is -2.54. The van der Waals surface area contributed by atoms with Crippen LogP contribution in [0.25, 0.3) is 0 Å². The Morgan fingerprint density at radius 3 is 2.32 bits per heavy atom. The molecule has 1 saturated heterocycles. The molecule has 136 valence electrons. The molecule has 6 nitrogen and oxygen atoms in total. The molecule has 6 heteroatoms. The highest BCUT2D eigenvalue weighted by molar-refractivity contribution is 5.92. The summed E-state index contributed by atoms with van der Waals surface area (Å²) in [4.78, 5) is 28.4. The van der Waals surface area contributed by atoms with E-state index in [-0.39, 0.29) is 11.9 Å². The Morgan fingerprint density at radius 1 is 0.960 bits per heavy atom. The first kappa shape index (κ1) is 17.7. The van der Waals surface area contributed by atoms with Crippen LogP contribution in [0.4, 0.5) is 10.5 Å². The van der Waals surface area contributed by atoms with E-state index in [0.29, 0.717) is 25.7 Å². The molecule has 1 aromatic carbocycles. The summed E-state index contributed by atoms with van der Waals surface area (Å²) in [6.45, 7) is 3.20. The van der Waals surface area contributed by atoms with Crippen molar-refractivity contribution in [2.45, 2.75) is 38.1 Å². The van der Waals surface area contributed by atoms with Crippen LogP contribution in [0.3, 0.4) is 0 Å². The highest BCUT2D eigenvalue weighted by Gasteiger charge is 2.24. The van der Waals surface area contributed by atoms with Gasteiger partial charge in [-0.25, -0.2) is 4.79 Å². The molecule has 2 aliphatic rings. The third-order valence-electron chi connectivity index (χ3n) is 5.02. The van der Waals surface area contributed by atoms with Crippen molar-refractivity contribution in [3.63, 3.8) is 0 Å². The molecule has 3 rings (SSSR count). The minimum absolute atomic E-state index is 0.00805. The Balaban J connectivity index is 1.37. The minimum Gasteiger partial charge on any atom is -0.335 e. The van der Waals surface area contributed by atoms with Gasteiger partial charge in [0.1, 0.15) is 0 Å². The topological polar surface area (TPSA) is 64.7 Å².